The molecule has 2 unspecified atom stereocenters. The van der Waals surface area contributed by atoms with Gasteiger partial charge in [-0.3, -0.25) is 0 Å². The van der Waals surface area contributed by atoms with Crippen molar-refractivity contribution in [2.24, 2.45) is 0 Å². The summed E-state index contributed by atoms with van der Waals surface area (Å²) >= 11 is 0. The highest BCUT2D eigenvalue weighted by molar-refractivity contribution is 7.37. The van der Waals surface area contributed by atoms with Crippen LogP contribution >= 0.6 is 17.6 Å². The zero-order valence-corrected chi connectivity index (χ0v) is 10.9. The second kappa shape index (κ2) is 4.33. The van der Waals surface area contributed by atoms with Gasteiger partial charge in [-0.15, -0.1) is 0 Å². The molecule has 0 amide bonds. The Hall–Kier alpha value is -1.23. The maximum absolute atomic E-state index is 11.8. The van der Waals surface area contributed by atoms with E-state index in [1.807, 2.05) is 48.5 Å². The number of hydrogen-bond acceptors (Lipinski definition) is 2. The van der Waals surface area contributed by atoms with Crippen molar-refractivity contribution in [1.29, 1.82) is 0 Å². The van der Waals surface area contributed by atoms with Crippen LogP contribution in [0.5, 0.6) is 0 Å². The van der Waals surface area contributed by atoms with Gasteiger partial charge in [-0.25, -0.2) is 4.20 Å². The number of rotatable bonds is 0. The standard InChI is InChI=1S/C12H8O2P.H3P/c13-15-12-8-4-2-6-10(12)9-5-1-3-7-11(9)14-15;/h1-8H;1H3/q+1;. The lowest BCUT2D eigenvalue weighted by molar-refractivity contribution is 0.563. The molecule has 3 rings (SSSR count). The molecule has 0 aliphatic carbocycles. The molecule has 2 aromatic carbocycles. The Kier molecular flexibility index (Phi) is 3.05. The highest BCUT2D eigenvalue weighted by atomic mass is 31.1. The molecule has 0 N–H and O–H groups in total. The van der Waals surface area contributed by atoms with Gasteiger partial charge >= 0.3 is 7.65 Å². The highest BCUT2D eigenvalue weighted by Crippen LogP contribution is 2.34. The third-order valence-corrected chi connectivity index (χ3v) is 3.61. The van der Waals surface area contributed by atoms with Crippen LogP contribution in [0.3, 0.4) is 0 Å². The minimum atomic E-state index is -1.74. The average molecular weight is 249 g/mol. The molecule has 0 saturated carbocycles. The smallest absolute Gasteiger partial charge is 0.250 e. The normalized spacial score (nSPS) is 11.4. The second-order valence-corrected chi connectivity index (χ2v) is 4.54. The Morgan fingerprint density at radius 3 is 2.31 bits per heavy atom. The van der Waals surface area contributed by atoms with Crippen molar-refractivity contribution < 1.29 is 8.76 Å². The third-order valence-electron chi connectivity index (χ3n) is 2.46. The fourth-order valence-electron chi connectivity index (χ4n) is 1.77. The maximum Gasteiger partial charge on any atom is 0.597 e. The average Bonchev–Trinajstić information content (AvgIpc) is 2.30. The maximum atomic E-state index is 11.8. The van der Waals surface area contributed by atoms with Gasteiger partial charge in [0.15, 0.2) is 5.58 Å². The molecule has 0 aliphatic rings. The number of hydrogen-bond donors (Lipinski definition) is 0. The zero-order chi connectivity index (χ0) is 10.3. The van der Waals surface area contributed by atoms with E-state index in [1.165, 1.54) is 0 Å². The van der Waals surface area contributed by atoms with Gasteiger partial charge in [-0.05, 0) is 22.8 Å². The number of para-hydroxylation sites is 1. The van der Waals surface area contributed by atoms with Crippen LogP contribution in [0.2, 0.25) is 0 Å². The van der Waals surface area contributed by atoms with E-state index < -0.39 is 7.65 Å². The predicted molar refractivity (Wildman–Crippen MR) is 72.4 cm³/mol. The highest BCUT2D eigenvalue weighted by Gasteiger charge is 2.14. The van der Waals surface area contributed by atoms with Crippen molar-refractivity contribution in [1.82, 2.24) is 0 Å². The zero-order valence-electron chi connectivity index (χ0n) is 8.59. The minimum Gasteiger partial charge on any atom is -0.250 e. The number of benzene rings is 2. The lowest BCUT2D eigenvalue weighted by atomic mass is 10.1. The Morgan fingerprint density at radius 1 is 0.875 bits per heavy atom. The molecule has 80 valence electrons. The van der Waals surface area contributed by atoms with E-state index in [-0.39, 0.29) is 9.90 Å². The van der Waals surface area contributed by atoms with E-state index in [9.17, 15) is 4.57 Å². The summed E-state index contributed by atoms with van der Waals surface area (Å²) in [7, 11) is -1.74. The summed E-state index contributed by atoms with van der Waals surface area (Å²) in [5.41, 5.74) is 0.706. The van der Waals surface area contributed by atoms with Crippen LogP contribution in [0, 0.1) is 0 Å². The van der Waals surface area contributed by atoms with E-state index >= 15 is 0 Å². The van der Waals surface area contributed by atoms with E-state index in [0.29, 0.717) is 5.58 Å². The van der Waals surface area contributed by atoms with Gasteiger partial charge in [0.2, 0.25) is 5.12 Å². The summed E-state index contributed by atoms with van der Waals surface area (Å²) in [6.45, 7) is 0. The quantitative estimate of drug-likeness (QED) is 0.437. The van der Waals surface area contributed by atoms with Gasteiger partial charge in [0.25, 0.3) is 0 Å². The molecule has 0 aliphatic heterocycles. The van der Waals surface area contributed by atoms with E-state index in [2.05, 4.69) is 0 Å². The molecular formula is C12H11O2P2+. The van der Waals surface area contributed by atoms with Crippen LogP contribution in [0.15, 0.2) is 52.7 Å². The largest absolute Gasteiger partial charge is 0.597 e. The molecule has 1 heterocycles. The van der Waals surface area contributed by atoms with Crippen LogP contribution in [0.4, 0.5) is 0 Å². The van der Waals surface area contributed by atoms with Crippen molar-refractivity contribution in [3.8, 4) is 0 Å². The summed E-state index contributed by atoms with van der Waals surface area (Å²) in [6, 6.07) is 15.3. The van der Waals surface area contributed by atoms with Gasteiger partial charge in [-0.1, -0.05) is 30.3 Å². The Labute approximate surface area is 96.7 Å². The molecular weight excluding hydrogens is 238 g/mol. The molecule has 0 saturated heterocycles. The van der Waals surface area contributed by atoms with Gasteiger partial charge in [0.1, 0.15) is 0 Å². The molecule has 0 radical (unpaired) electrons. The molecule has 0 fully saturated rings. The molecule has 2 nitrogen and oxygen atoms in total. The molecule has 0 spiro atoms. The van der Waals surface area contributed by atoms with Crippen LogP contribution in [-0.2, 0) is 4.57 Å². The van der Waals surface area contributed by atoms with Crippen LogP contribution < -0.4 is 0 Å². The van der Waals surface area contributed by atoms with E-state index in [1.54, 1.807) is 0 Å². The van der Waals surface area contributed by atoms with Gasteiger partial charge < -0.3 is 0 Å². The summed E-state index contributed by atoms with van der Waals surface area (Å²) < 4.78 is 17.1. The predicted octanol–water partition coefficient (Wildman–Crippen LogP) is 4.39. The van der Waals surface area contributed by atoms with Gasteiger partial charge in [0, 0.05) is 10.8 Å². The summed E-state index contributed by atoms with van der Waals surface area (Å²) in [6.07, 6.45) is 0. The summed E-state index contributed by atoms with van der Waals surface area (Å²) in [4.78, 5) is 0. The van der Waals surface area contributed by atoms with Gasteiger partial charge in [0.05, 0.1) is 0 Å². The van der Waals surface area contributed by atoms with Crippen molar-refractivity contribution >= 4 is 39.0 Å². The first-order valence-corrected chi connectivity index (χ1v) is 5.88. The fraction of sp³-hybridized carbons (Fsp3) is 0. The lowest BCUT2D eigenvalue weighted by Crippen LogP contribution is -1.73. The fourth-order valence-corrected chi connectivity index (χ4v) is 2.80. The molecule has 1 aromatic heterocycles. The van der Waals surface area contributed by atoms with Crippen molar-refractivity contribution in [3.63, 3.8) is 0 Å². The Balaban J connectivity index is 0.000000963. The van der Waals surface area contributed by atoms with Crippen molar-refractivity contribution in [2.45, 2.75) is 0 Å². The Morgan fingerprint density at radius 2 is 1.50 bits per heavy atom. The molecule has 4 heteroatoms. The monoisotopic (exact) mass is 249 g/mol. The molecule has 0 bridgehead atoms. The summed E-state index contributed by atoms with van der Waals surface area (Å²) in [5, 5.41) is 2.81. The first-order chi connectivity index (χ1) is 7.36. The van der Waals surface area contributed by atoms with Gasteiger partial charge in [-0.2, -0.15) is 9.90 Å². The Bertz CT molecular complexity index is 704. The van der Waals surface area contributed by atoms with Crippen molar-refractivity contribution in [2.75, 3.05) is 0 Å². The molecule has 16 heavy (non-hydrogen) atoms. The minimum absolute atomic E-state index is 0. The first-order valence-electron chi connectivity index (χ1n) is 4.70. The van der Waals surface area contributed by atoms with Crippen molar-refractivity contribution in [3.05, 3.63) is 48.5 Å². The van der Waals surface area contributed by atoms with E-state index in [0.717, 1.165) is 15.9 Å². The van der Waals surface area contributed by atoms with Crippen LogP contribution in [0.1, 0.15) is 0 Å². The second-order valence-electron chi connectivity index (χ2n) is 3.36. The first kappa shape index (κ1) is 11.3. The molecule has 3 aromatic rings. The van der Waals surface area contributed by atoms with Crippen LogP contribution in [-0.4, -0.2) is 0 Å². The summed E-state index contributed by atoms with van der Waals surface area (Å²) in [5.74, 6) is 0. The lowest BCUT2D eigenvalue weighted by Gasteiger charge is -1.94. The molecule has 2 atom stereocenters. The SMILES string of the molecule is O=[p+]1oc2ccccc2c2ccccc21.P. The third kappa shape index (κ3) is 1.65. The van der Waals surface area contributed by atoms with Crippen LogP contribution in [0.25, 0.3) is 21.5 Å². The van der Waals surface area contributed by atoms with E-state index in [4.69, 9.17) is 4.20 Å². The topological polar surface area (TPSA) is 30.2 Å². The number of fused-ring (bicyclic) bond motifs is 3.